The first kappa shape index (κ1) is 10.1. The average Bonchev–Trinajstić information content (AvgIpc) is 2.58. The Labute approximate surface area is 92.0 Å². The number of aromatic nitrogens is 1. The zero-order valence-corrected chi connectivity index (χ0v) is 8.88. The molecule has 0 aliphatic heterocycles. The minimum Gasteiger partial charge on any atom is -0.368 e. The van der Waals surface area contributed by atoms with E-state index in [-0.39, 0.29) is 21.6 Å². The lowest BCUT2D eigenvalue weighted by atomic mass is 10.1. The second kappa shape index (κ2) is 3.62. The zero-order chi connectivity index (χ0) is 11.0. The molecule has 2 N–H and O–H groups in total. The number of rotatable bonds is 1. The summed E-state index contributed by atoms with van der Waals surface area (Å²) in [6.45, 7) is 0. The van der Waals surface area contributed by atoms with Crippen molar-refractivity contribution in [3.05, 3.63) is 34.3 Å². The Hall–Kier alpha value is -1.43. The lowest BCUT2D eigenvalue weighted by Crippen LogP contribution is -1.87. The molecule has 3 nitrogen and oxygen atoms in total. The SMILES string of the molecule is Nc1cc(-c2cc(F)cc(F)c2Br)no1. The monoisotopic (exact) mass is 274 g/mol. The summed E-state index contributed by atoms with van der Waals surface area (Å²) in [7, 11) is 0. The van der Waals surface area contributed by atoms with Crippen molar-refractivity contribution >= 4 is 21.8 Å². The smallest absolute Gasteiger partial charge is 0.222 e. The van der Waals surface area contributed by atoms with Gasteiger partial charge in [0.05, 0.1) is 4.47 Å². The molecule has 0 radical (unpaired) electrons. The first-order valence-electron chi connectivity index (χ1n) is 3.95. The minimum absolute atomic E-state index is 0.0848. The van der Waals surface area contributed by atoms with Gasteiger partial charge in [-0.25, -0.2) is 8.78 Å². The molecule has 2 rings (SSSR count). The van der Waals surface area contributed by atoms with Crippen molar-refractivity contribution in [2.45, 2.75) is 0 Å². The van der Waals surface area contributed by atoms with Crippen molar-refractivity contribution in [1.29, 1.82) is 0 Å². The van der Waals surface area contributed by atoms with E-state index in [2.05, 4.69) is 25.6 Å². The van der Waals surface area contributed by atoms with Gasteiger partial charge >= 0.3 is 0 Å². The van der Waals surface area contributed by atoms with Gasteiger partial charge in [-0.2, -0.15) is 0 Å². The van der Waals surface area contributed by atoms with Crippen LogP contribution in [0.4, 0.5) is 14.7 Å². The van der Waals surface area contributed by atoms with Gasteiger partial charge in [0.15, 0.2) is 0 Å². The van der Waals surface area contributed by atoms with Gasteiger partial charge in [0, 0.05) is 17.7 Å². The molecular formula is C9H5BrF2N2O. The Morgan fingerprint density at radius 1 is 1.27 bits per heavy atom. The molecule has 0 unspecified atom stereocenters. The summed E-state index contributed by atoms with van der Waals surface area (Å²) in [5, 5.41) is 3.57. The highest BCUT2D eigenvalue weighted by Gasteiger charge is 2.13. The molecule has 0 amide bonds. The summed E-state index contributed by atoms with van der Waals surface area (Å²) < 4.78 is 30.8. The van der Waals surface area contributed by atoms with Crippen LogP contribution in [0.1, 0.15) is 0 Å². The maximum absolute atomic E-state index is 13.2. The van der Waals surface area contributed by atoms with Gasteiger partial charge in [-0.15, -0.1) is 0 Å². The molecule has 0 aliphatic carbocycles. The van der Waals surface area contributed by atoms with Gasteiger partial charge in [0.2, 0.25) is 5.88 Å². The van der Waals surface area contributed by atoms with E-state index >= 15 is 0 Å². The molecule has 1 aromatic carbocycles. The van der Waals surface area contributed by atoms with Gasteiger partial charge in [-0.1, -0.05) is 5.16 Å². The van der Waals surface area contributed by atoms with E-state index in [1.165, 1.54) is 6.07 Å². The summed E-state index contributed by atoms with van der Waals surface area (Å²) in [6.07, 6.45) is 0. The van der Waals surface area contributed by atoms with E-state index in [0.29, 0.717) is 0 Å². The molecule has 0 bridgehead atoms. The fourth-order valence-corrected chi connectivity index (χ4v) is 1.59. The summed E-state index contributed by atoms with van der Waals surface area (Å²) in [6, 6.07) is 3.31. The highest BCUT2D eigenvalue weighted by atomic mass is 79.9. The Morgan fingerprint density at radius 2 is 2.00 bits per heavy atom. The van der Waals surface area contributed by atoms with Crippen molar-refractivity contribution < 1.29 is 13.3 Å². The van der Waals surface area contributed by atoms with Crippen molar-refractivity contribution in [2.75, 3.05) is 5.73 Å². The summed E-state index contributed by atoms with van der Waals surface area (Å²) in [4.78, 5) is 0. The topological polar surface area (TPSA) is 52.0 Å². The van der Waals surface area contributed by atoms with Crippen LogP contribution in [0.2, 0.25) is 0 Å². The summed E-state index contributed by atoms with van der Waals surface area (Å²) in [5.74, 6) is -1.31. The predicted octanol–water partition coefficient (Wildman–Crippen LogP) is 2.96. The number of halogens is 3. The third-order valence-electron chi connectivity index (χ3n) is 1.80. The van der Waals surface area contributed by atoms with E-state index in [4.69, 9.17) is 5.73 Å². The van der Waals surface area contributed by atoms with Crippen molar-refractivity contribution in [3.8, 4) is 11.3 Å². The van der Waals surface area contributed by atoms with Crippen molar-refractivity contribution in [1.82, 2.24) is 5.16 Å². The lowest BCUT2D eigenvalue weighted by Gasteiger charge is -2.01. The predicted molar refractivity (Wildman–Crippen MR) is 54.0 cm³/mol. The number of nitrogen functional groups attached to an aromatic ring is 1. The molecule has 0 saturated heterocycles. The Kier molecular flexibility index (Phi) is 2.44. The quantitative estimate of drug-likeness (QED) is 0.814. The standard InChI is InChI=1S/C9H5BrF2N2O/c10-9-5(1-4(11)2-6(9)12)7-3-8(13)15-14-7/h1-3H,13H2. The highest BCUT2D eigenvalue weighted by Crippen LogP contribution is 2.31. The molecule has 0 aliphatic rings. The van der Waals surface area contributed by atoms with E-state index in [0.717, 1.165) is 12.1 Å². The fourth-order valence-electron chi connectivity index (χ4n) is 1.16. The van der Waals surface area contributed by atoms with E-state index in [1.807, 2.05) is 0 Å². The fraction of sp³-hybridized carbons (Fsp3) is 0. The van der Waals surface area contributed by atoms with Crippen LogP contribution in [0.3, 0.4) is 0 Å². The third kappa shape index (κ3) is 1.85. The first-order chi connectivity index (χ1) is 7.08. The second-order valence-electron chi connectivity index (χ2n) is 2.86. The Morgan fingerprint density at radius 3 is 2.60 bits per heavy atom. The van der Waals surface area contributed by atoms with Crippen LogP contribution in [-0.4, -0.2) is 5.16 Å². The average molecular weight is 275 g/mol. The van der Waals surface area contributed by atoms with Crippen molar-refractivity contribution in [2.24, 2.45) is 0 Å². The molecule has 0 saturated carbocycles. The van der Waals surface area contributed by atoms with Crippen LogP contribution in [0.15, 0.2) is 27.2 Å². The number of hydrogen-bond donors (Lipinski definition) is 1. The molecular weight excluding hydrogens is 270 g/mol. The number of nitrogens with two attached hydrogens (primary N) is 1. The van der Waals surface area contributed by atoms with Crippen molar-refractivity contribution in [3.63, 3.8) is 0 Å². The maximum atomic E-state index is 13.2. The molecule has 0 fully saturated rings. The summed E-state index contributed by atoms with van der Waals surface area (Å²) in [5.41, 5.74) is 5.84. The summed E-state index contributed by atoms with van der Waals surface area (Å²) >= 11 is 3.00. The van der Waals surface area contributed by atoms with Gasteiger partial charge in [-0.05, 0) is 22.0 Å². The highest BCUT2D eigenvalue weighted by molar-refractivity contribution is 9.10. The van der Waals surface area contributed by atoms with Gasteiger partial charge in [-0.3, -0.25) is 0 Å². The van der Waals surface area contributed by atoms with Crippen LogP contribution < -0.4 is 5.73 Å². The zero-order valence-electron chi connectivity index (χ0n) is 7.30. The van der Waals surface area contributed by atoms with E-state index in [1.54, 1.807) is 0 Å². The minimum atomic E-state index is -0.702. The lowest BCUT2D eigenvalue weighted by molar-refractivity contribution is 0.439. The third-order valence-corrected chi connectivity index (χ3v) is 2.60. The molecule has 0 spiro atoms. The first-order valence-corrected chi connectivity index (χ1v) is 4.74. The number of hydrogen-bond acceptors (Lipinski definition) is 3. The van der Waals surface area contributed by atoms with Gasteiger partial charge < -0.3 is 10.3 Å². The van der Waals surface area contributed by atoms with Crippen LogP contribution in [-0.2, 0) is 0 Å². The molecule has 0 atom stereocenters. The Bertz CT molecular complexity index is 513. The van der Waals surface area contributed by atoms with Crippen LogP contribution in [0.5, 0.6) is 0 Å². The van der Waals surface area contributed by atoms with Crippen LogP contribution >= 0.6 is 15.9 Å². The molecule has 15 heavy (non-hydrogen) atoms. The van der Waals surface area contributed by atoms with Gasteiger partial charge in [0.1, 0.15) is 17.3 Å². The number of anilines is 1. The van der Waals surface area contributed by atoms with E-state index < -0.39 is 11.6 Å². The second-order valence-corrected chi connectivity index (χ2v) is 3.66. The maximum Gasteiger partial charge on any atom is 0.222 e. The molecule has 78 valence electrons. The molecule has 1 aromatic heterocycles. The van der Waals surface area contributed by atoms with Crippen LogP contribution in [0.25, 0.3) is 11.3 Å². The van der Waals surface area contributed by atoms with Crippen LogP contribution in [0, 0.1) is 11.6 Å². The van der Waals surface area contributed by atoms with Gasteiger partial charge in [0.25, 0.3) is 0 Å². The normalized spacial score (nSPS) is 10.6. The number of benzene rings is 1. The molecule has 6 heteroatoms. The Balaban J connectivity index is 2.62. The molecule has 1 heterocycles. The largest absolute Gasteiger partial charge is 0.368 e. The van der Waals surface area contributed by atoms with E-state index in [9.17, 15) is 8.78 Å². The number of nitrogens with zero attached hydrogens (tertiary/aromatic N) is 1. The molecule has 2 aromatic rings.